The van der Waals surface area contributed by atoms with Crippen LogP contribution in [0.5, 0.6) is 0 Å². The second kappa shape index (κ2) is 5.04. The van der Waals surface area contributed by atoms with E-state index < -0.39 is 20.6 Å². The molecule has 0 saturated heterocycles. The normalized spacial score (nSPS) is 12.8. The fraction of sp³-hybridized carbons (Fsp3) is 0.455. The molecule has 0 spiro atoms. The number of rotatable bonds is 3. The van der Waals surface area contributed by atoms with E-state index in [1.54, 1.807) is 32.9 Å². The predicted molar refractivity (Wildman–Crippen MR) is 69.6 cm³/mol. The Bertz CT molecular complexity index is 509. The topological polar surface area (TPSA) is 46.2 Å². The zero-order chi connectivity index (χ0) is 13.3. The third-order valence-corrected chi connectivity index (χ3v) is 4.90. The molecule has 0 aromatic heterocycles. The molecule has 0 unspecified atom stereocenters. The molecule has 6 heteroatoms. The largest absolute Gasteiger partial charge is 0.216 e. The number of hydrogen-bond donors (Lipinski definition) is 1. The van der Waals surface area contributed by atoms with Crippen LogP contribution in [0.4, 0.5) is 4.39 Å². The summed E-state index contributed by atoms with van der Waals surface area (Å²) in [6.07, 6.45) is 0. The first kappa shape index (κ1) is 14.6. The lowest BCUT2D eigenvalue weighted by atomic mass is 10.2. The maximum Gasteiger partial charge on any atom is 0.216 e. The molecule has 0 bridgehead atoms. The van der Waals surface area contributed by atoms with Crippen LogP contribution in [-0.4, -0.2) is 13.2 Å². The van der Waals surface area contributed by atoms with Gasteiger partial charge in [0.15, 0.2) is 0 Å². The zero-order valence-corrected chi connectivity index (χ0v) is 12.3. The summed E-state index contributed by atoms with van der Waals surface area (Å²) >= 11 is 3.14. The van der Waals surface area contributed by atoms with Gasteiger partial charge in [0.2, 0.25) is 10.0 Å². The van der Waals surface area contributed by atoms with Gasteiger partial charge in [0, 0.05) is 16.6 Å². The second-order valence-corrected chi connectivity index (χ2v) is 8.11. The van der Waals surface area contributed by atoms with Crippen LogP contribution in [0.15, 0.2) is 22.7 Å². The average molecular weight is 324 g/mol. The van der Waals surface area contributed by atoms with Crippen molar-refractivity contribution < 1.29 is 12.8 Å². The number of sulfonamides is 1. The molecule has 17 heavy (non-hydrogen) atoms. The van der Waals surface area contributed by atoms with Crippen LogP contribution in [0, 0.1) is 5.82 Å². The second-order valence-electron chi connectivity index (χ2n) is 4.67. The highest BCUT2D eigenvalue weighted by molar-refractivity contribution is 9.10. The van der Waals surface area contributed by atoms with Crippen molar-refractivity contribution in [2.45, 2.75) is 32.1 Å². The molecule has 0 atom stereocenters. The van der Waals surface area contributed by atoms with Gasteiger partial charge in [-0.2, -0.15) is 0 Å². The van der Waals surface area contributed by atoms with Gasteiger partial charge in [0.05, 0.1) is 4.75 Å². The lowest BCUT2D eigenvalue weighted by Gasteiger charge is -2.19. The molecule has 0 amide bonds. The van der Waals surface area contributed by atoms with Gasteiger partial charge in [-0.25, -0.2) is 17.5 Å². The first-order valence-electron chi connectivity index (χ1n) is 5.06. The van der Waals surface area contributed by atoms with Gasteiger partial charge in [-0.15, -0.1) is 0 Å². The Hall–Kier alpha value is -0.460. The molecule has 0 fully saturated rings. The summed E-state index contributed by atoms with van der Waals surface area (Å²) < 4.78 is 39.1. The molecule has 0 saturated carbocycles. The van der Waals surface area contributed by atoms with Gasteiger partial charge in [-0.05, 0) is 32.9 Å². The maximum absolute atomic E-state index is 13.5. The Morgan fingerprint density at radius 1 is 1.35 bits per heavy atom. The summed E-state index contributed by atoms with van der Waals surface area (Å²) in [6.45, 7) is 4.73. The lowest BCUT2D eigenvalue weighted by molar-refractivity contribution is 0.541. The molecule has 96 valence electrons. The van der Waals surface area contributed by atoms with E-state index in [9.17, 15) is 12.8 Å². The smallest absolute Gasteiger partial charge is 0.212 e. The lowest BCUT2D eigenvalue weighted by Crippen LogP contribution is -2.39. The first-order chi connectivity index (χ1) is 7.63. The molecule has 3 nitrogen and oxygen atoms in total. The minimum Gasteiger partial charge on any atom is -0.212 e. The van der Waals surface area contributed by atoms with Crippen LogP contribution >= 0.6 is 15.9 Å². The van der Waals surface area contributed by atoms with Crippen LogP contribution in [0.25, 0.3) is 0 Å². The quantitative estimate of drug-likeness (QED) is 0.929. The minimum absolute atomic E-state index is 0.0429. The summed E-state index contributed by atoms with van der Waals surface area (Å²) in [4.78, 5) is 0. The van der Waals surface area contributed by atoms with Crippen LogP contribution in [-0.2, 0) is 16.6 Å². The van der Waals surface area contributed by atoms with E-state index in [2.05, 4.69) is 20.7 Å². The Morgan fingerprint density at radius 2 is 1.94 bits per heavy atom. The molecule has 0 aliphatic rings. The number of nitrogens with one attached hydrogen (secondary N) is 1. The minimum atomic E-state index is -3.45. The number of halogens is 2. The highest BCUT2D eigenvalue weighted by atomic mass is 79.9. The Morgan fingerprint density at radius 3 is 2.41 bits per heavy atom. The Kier molecular flexibility index (Phi) is 4.33. The molecule has 1 aromatic rings. The van der Waals surface area contributed by atoms with E-state index in [0.717, 1.165) is 0 Å². The summed E-state index contributed by atoms with van der Waals surface area (Å²) in [6, 6.07) is 4.52. The van der Waals surface area contributed by atoms with Crippen molar-refractivity contribution in [3.63, 3.8) is 0 Å². The van der Waals surface area contributed by atoms with E-state index in [0.29, 0.717) is 10.0 Å². The van der Waals surface area contributed by atoms with Crippen LogP contribution in [0.3, 0.4) is 0 Å². The van der Waals surface area contributed by atoms with Crippen molar-refractivity contribution in [1.82, 2.24) is 4.72 Å². The van der Waals surface area contributed by atoms with Crippen LogP contribution in [0.1, 0.15) is 26.3 Å². The van der Waals surface area contributed by atoms with Crippen molar-refractivity contribution in [3.8, 4) is 0 Å². The van der Waals surface area contributed by atoms with Crippen molar-refractivity contribution in [3.05, 3.63) is 34.1 Å². The fourth-order valence-corrected chi connectivity index (χ4v) is 2.17. The maximum atomic E-state index is 13.5. The van der Waals surface area contributed by atoms with Crippen LogP contribution < -0.4 is 4.72 Å². The Labute approximate surface area is 110 Å². The molecule has 1 aromatic carbocycles. The predicted octanol–water partition coefficient (Wildman–Crippen LogP) is 2.81. The van der Waals surface area contributed by atoms with Crippen molar-refractivity contribution in [2.75, 3.05) is 0 Å². The molecule has 0 aliphatic heterocycles. The monoisotopic (exact) mass is 323 g/mol. The summed E-state index contributed by atoms with van der Waals surface area (Å²) in [5.74, 6) is -0.434. The van der Waals surface area contributed by atoms with E-state index in [4.69, 9.17) is 0 Å². The molecular weight excluding hydrogens is 309 g/mol. The third kappa shape index (κ3) is 3.76. The molecule has 0 heterocycles. The van der Waals surface area contributed by atoms with Gasteiger partial charge >= 0.3 is 0 Å². The summed E-state index contributed by atoms with van der Waals surface area (Å²) in [5, 5.41) is 0. The van der Waals surface area contributed by atoms with Gasteiger partial charge in [0.25, 0.3) is 0 Å². The fourth-order valence-electron chi connectivity index (χ4n) is 1.05. The average Bonchev–Trinajstić information content (AvgIpc) is 2.14. The molecule has 1 rings (SSSR count). The van der Waals surface area contributed by atoms with Crippen molar-refractivity contribution in [2.24, 2.45) is 0 Å². The van der Waals surface area contributed by atoms with E-state index >= 15 is 0 Å². The first-order valence-corrected chi connectivity index (χ1v) is 7.34. The number of benzene rings is 1. The summed E-state index contributed by atoms with van der Waals surface area (Å²) in [5.41, 5.74) is 0.320. The Balaban J connectivity index is 2.82. The SMILES string of the molecule is CC(C)(C)S(=O)(=O)NCc1ccc(Br)cc1F. The highest BCUT2D eigenvalue weighted by Crippen LogP contribution is 2.17. The van der Waals surface area contributed by atoms with Gasteiger partial charge < -0.3 is 0 Å². The molecule has 1 N–H and O–H groups in total. The molecule has 0 aliphatic carbocycles. The third-order valence-electron chi connectivity index (χ3n) is 2.27. The number of hydrogen-bond acceptors (Lipinski definition) is 2. The highest BCUT2D eigenvalue weighted by Gasteiger charge is 2.28. The van der Waals surface area contributed by atoms with E-state index in [-0.39, 0.29) is 6.54 Å². The molecular formula is C11H15BrFNO2S. The van der Waals surface area contributed by atoms with Crippen LogP contribution in [0.2, 0.25) is 0 Å². The van der Waals surface area contributed by atoms with Gasteiger partial charge in [-0.3, -0.25) is 0 Å². The van der Waals surface area contributed by atoms with Gasteiger partial charge in [0.1, 0.15) is 5.82 Å². The molecule has 0 radical (unpaired) electrons. The van der Waals surface area contributed by atoms with Crippen molar-refractivity contribution >= 4 is 26.0 Å². The van der Waals surface area contributed by atoms with E-state index in [1.165, 1.54) is 6.07 Å². The summed E-state index contributed by atoms with van der Waals surface area (Å²) in [7, 11) is -3.45. The van der Waals surface area contributed by atoms with E-state index in [1.807, 2.05) is 0 Å². The van der Waals surface area contributed by atoms with Gasteiger partial charge in [-0.1, -0.05) is 22.0 Å². The standard InChI is InChI=1S/C11H15BrFNO2S/c1-11(2,3)17(15,16)14-7-8-4-5-9(12)6-10(8)13/h4-6,14H,7H2,1-3H3. The zero-order valence-electron chi connectivity index (χ0n) is 9.92. The van der Waals surface area contributed by atoms with Crippen molar-refractivity contribution in [1.29, 1.82) is 0 Å².